The van der Waals surface area contributed by atoms with Crippen LogP contribution in [0.1, 0.15) is 11.1 Å². The highest BCUT2D eigenvalue weighted by Crippen LogP contribution is 2.12. The number of aromatic nitrogens is 2. The van der Waals surface area contributed by atoms with Crippen LogP contribution in [-0.2, 0) is 20.1 Å². The Labute approximate surface area is 102 Å². The Balaban J connectivity index is 2.07. The zero-order valence-corrected chi connectivity index (χ0v) is 10.3. The van der Waals surface area contributed by atoms with Gasteiger partial charge >= 0.3 is 0 Å². The third-order valence-electron chi connectivity index (χ3n) is 2.82. The van der Waals surface area contributed by atoms with Crippen LogP contribution in [0.5, 0.6) is 0 Å². The molecule has 1 aromatic carbocycles. The molecule has 1 aromatic heterocycles. The Hall–Kier alpha value is -1.81. The van der Waals surface area contributed by atoms with E-state index >= 15 is 0 Å². The van der Waals surface area contributed by atoms with Crippen LogP contribution in [0.15, 0.2) is 36.7 Å². The Morgan fingerprint density at radius 3 is 2.41 bits per heavy atom. The molecule has 4 heteroatoms. The van der Waals surface area contributed by atoms with E-state index in [4.69, 9.17) is 5.73 Å². The molecule has 0 atom stereocenters. The molecule has 1 heterocycles. The molecule has 0 radical (unpaired) electrons. The van der Waals surface area contributed by atoms with Crippen molar-refractivity contribution >= 4 is 5.95 Å². The van der Waals surface area contributed by atoms with Gasteiger partial charge in [0.25, 0.3) is 0 Å². The van der Waals surface area contributed by atoms with Crippen molar-refractivity contribution in [3.8, 4) is 0 Å². The lowest BCUT2D eigenvalue weighted by molar-refractivity contribution is 0.805. The third-order valence-corrected chi connectivity index (χ3v) is 2.82. The molecule has 0 bridgehead atoms. The van der Waals surface area contributed by atoms with E-state index in [-0.39, 0.29) is 0 Å². The Morgan fingerprint density at radius 1 is 1.24 bits per heavy atom. The van der Waals surface area contributed by atoms with Crippen LogP contribution in [-0.4, -0.2) is 16.6 Å². The lowest BCUT2D eigenvalue weighted by Crippen LogP contribution is -2.19. The minimum Gasteiger partial charge on any atom is -0.341 e. The van der Waals surface area contributed by atoms with E-state index in [0.29, 0.717) is 6.54 Å². The summed E-state index contributed by atoms with van der Waals surface area (Å²) in [5.74, 6) is 0.966. The van der Waals surface area contributed by atoms with Gasteiger partial charge in [0.05, 0.1) is 0 Å². The molecule has 0 saturated heterocycles. The topological polar surface area (TPSA) is 47.1 Å². The smallest absolute Gasteiger partial charge is 0.205 e. The van der Waals surface area contributed by atoms with Gasteiger partial charge in [-0.2, -0.15) is 0 Å². The Morgan fingerprint density at radius 2 is 1.88 bits per heavy atom. The van der Waals surface area contributed by atoms with Gasteiger partial charge in [-0.25, -0.2) is 4.98 Å². The van der Waals surface area contributed by atoms with E-state index < -0.39 is 0 Å². The Kier molecular flexibility index (Phi) is 3.44. The number of nitrogens with two attached hydrogens (primary N) is 1. The molecular formula is C13H18N4. The minimum absolute atomic E-state index is 0.593. The summed E-state index contributed by atoms with van der Waals surface area (Å²) in [4.78, 5) is 6.44. The molecule has 17 heavy (non-hydrogen) atoms. The fourth-order valence-corrected chi connectivity index (χ4v) is 1.85. The highest BCUT2D eigenvalue weighted by molar-refractivity contribution is 5.33. The van der Waals surface area contributed by atoms with Crippen molar-refractivity contribution in [1.82, 2.24) is 9.55 Å². The van der Waals surface area contributed by atoms with Gasteiger partial charge in [0, 0.05) is 39.6 Å². The Bertz CT molecular complexity index is 472. The molecule has 2 N–H and O–H groups in total. The summed E-state index contributed by atoms with van der Waals surface area (Å²) in [6.07, 6.45) is 3.76. The van der Waals surface area contributed by atoms with E-state index in [0.717, 1.165) is 18.1 Å². The summed E-state index contributed by atoms with van der Waals surface area (Å²) in [7, 11) is 4.04. The van der Waals surface area contributed by atoms with Crippen LogP contribution in [0, 0.1) is 0 Å². The molecule has 2 rings (SSSR count). The maximum Gasteiger partial charge on any atom is 0.205 e. The molecule has 90 valence electrons. The summed E-state index contributed by atoms with van der Waals surface area (Å²) in [6, 6.07) is 8.37. The number of hydrogen-bond donors (Lipinski definition) is 1. The normalized spacial score (nSPS) is 10.5. The molecule has 0 saturated carbocycles. The zero-order valence-electron chi connectivity index (χ0n) is 10.3. The number of anilines is 1. The van der Waals surface area contributed by atoms with Crippen molar-refractivity contribution in [1.29, 1.82) is 0 Å². The van der Waals surface area contributed by atoms with Crippen molar-refractivity contribution in [2.45, 2.75) is 13.1 Å². The summed E-state index contributed by atoms with van der Waals surface area (Å²) in [5, 5.41) is 0. The first-order valence-electron chi connectivity index (χ1n) is 5.67. The van der Waals surface area contributed by atoms with Gasteiger partial charge in [0.2, 0.25) is 5.95 Å². The predicted molar refractivity (Wildman–Crippen MR) is 69.6 cm³/mol. The molecule has 0 aliphatic heterocycles. The molecule has 0 spiro atoms. The van der Waals surface area contributed by atoms with Gasteiger partial charge in [0.1, 0.15) is 0 Å². The first-order valence-corrected chi connectivity index (χ1v) is 5.67. The van der Waals surface area contributed by atoms with Crippen LogP contribution in [0.25, 0.3) is 0 Å². The van der Waals surface area contributed by atoms with E-state index in [9.17, 15) is 0 Å². The van der Waals surface area contributed by atoms with Gasteiger partial charge in [0.15, 0.2) is 0 Å². The maximum atomic E-state index is 5.57. The van der Waals surface area contributed by atoms with Crippen LogP contribution in [0.3, 0.4) is 0 Å². The monoisotopic (exact) mass is 230 g/mol. The second-order valence-electron chi connectivity index (χ2n) is 4.21. The van der Waals surface area contributed by atoms with E-state index in [1.165, 1.54) is 5.56 Å². The molecule has 0 aliphatic carbocycles. The first-order chi connectivity index (χ1) is 8.20. The van der Waals surface area contributed by atoms with E-state index in [1.54, 1.807) is 0 Å². The van der Waals surface area contributed by atoms with Crippen LogP contribution < -0.4 is 10.6 Å². The van der Waals surface area contributed by atoms with Crippen molar-refractivity contribution in [3.63, 3.8) is 0 Å². The second kappa shape index (κ2) is 5.01. The van der Waals surface area contributed by atoms with Crippen molar-refractivity contribution in [2.75, 3.05) is 11.9 Å². The van der Waals surface area contributed by atoms with Crippen LogP contribution in [0.4, 0.5) is 5.95 Å². The van der Waals surface area contributed by atoms with Gasteiger partial charge in [-0.05, 0) is 11.1 Å². The zero-order chi connectivity index (χ0) is 12.3. The number of benzene rings is 1. The summed E-state index contributed by atoms with van der Waals surface area (Å²) in [6.45, 7) is 1.44. The highest BCUT2D eigenvalue weighted by atomic mass is 15.3. The average Bonchev–Trinajstić information content (AvgIpc) is 2.76. The lowest BCUT2D eigenvalue weighted by atomic mass is 10.1. The number of rotatable bonds is 4. The van der Waals surface area contributed by atoms with Crippen LogP contribution in [0.2, 0.25) is 0 Å². The molecule has 4 nitrogen and oxygen atoms in total. The first kappa shape index (κ1) is 11.7. The lowest BCUT2D eigenvalue weighted by Gasteiger charge is -2.18. The summed E-state index contributed by atoms with van der Waals surface area (Å²) < 4.78 is 2.01. The molecule has 0 aliphatic rings. The average molecular weight is 230 g/mol. The second-order valence-corrected chi connectivity index (χ2v) is 4.21. The molecule has 2 aromatic rings. The fraction of sp³-hybridized carbons (Fsp3) is 0.308. The number of aryl methyl sites for hydroxylation is 1. The summed E-state index contributed by atoms with van der Waals surface area (Å²) >= 11 is 0. The van der Waals surface area contributed by atoms with Gasteiger partial charge in [-0.3, -0.25) is 0 Å². The van der Waals surface area contributed by atoms with Crippen molar-refractivity contribution < 1.29 is 0 Å². The van der Waals surface area contributed by atoms with Crippen molar-refractivity contribution in [2.24, 2.45) is 12.8 Å². The molecule has 0 unspecified atom stereocenters. The number of imidazole rings is 1. The molecule has 0 amide bonds. The highest BCUT2D eigenvalue weighted by Gasteiger charge is 2.06. The summed E-state index contributed by atoms with van der Waals surface area (Å²) in [5.41, 5.74) is 7.99. The van der Waals surface area contributed by atoms with E-state index in [2.05, 4.69) is 34.1 Å². The van der Waals surface area contributed by atoms with Crippen LogP contribution >= 0.6 is 0 Å². The van der Waals surface area contributed by atoms with Crippen molar-refractivity contribution in [3.05, 3.63) is 47.8 Å². The van der Waals surface area contributed by atoms with E-state index in [1.807, 2.05) is 31.1 Å². The standard InChI is InChI=1S/C13H18N4/c1-16-8-7-15-13(16)17(2)10-12-5-3-11(9-14)4-6-12/h3-8H,9-10,14H2,1-2H3. The minimum atomic E-state index is 0.593. The quantitative estimate of drug-likeness (QED) is 0.866. The number of hydrogen-bond acceptors (Lipinski definition) is 3. The predicted octanol–water partition coefficient (Wildman–Crippen LogP) is 1.52. The molecular weight excluding hydrogens is 212 g/mol. The fourth-order valence-electron chi connectivity index (χ4n) is 1.85. The molecule has 0 fully saturated rings. The SMILES string of the molecule is CN(Cc1ccc(CN)cc1)c1nccn1C. The van der Waals surface area contributed by atoms with Gasteiger partial charge in [-0.15, -0.1) is 0 Å². The number of nitrogens with zero attached hydrogens (tertiary/aromatic N) is 3. The largest absolute Gasteiger partial charge is 0.341 e. The van der Waals surface area contributed by atoms with Gasteiger partial charge < -0.3 is 15.2 Å². The van der Waals surface area contributed by atoms with Gasteiger partial charge in [-0.1, -0.05) is 24.3 Å². The maximum absolute atomic E-state index is 5.57. The third kappa shape index (κ3) is 2.65.